The van der Waals surface area contributed by atoms with Crippen LogP contribution in [0.15, 0.2) is 60.7 Å². The van der Waals surface area contributed by atoms with E-state index in [-0.39, 0.29) is 6.10 Å². The SMILES string of the molecule is C[C@@H](O)C[C@H](C)OC(=O)C=Cc1ccccc1OCc1ccccc1. The van der Waals surface area contributed by atoms with Gasteiger partial charge in [-0.05, 0) is 31.6 Å². The van der Waals surface area contributed by atoms with Crippen molar-refractivity contribution in [2.24, 2.45) is 0 Å². The largest absolute Gasteiger partial charge is 0.488 e. The number of esters is 1. The normalized spacial score (nSPS) is 13.4. The summed E-state index contributed by atoms with van der Waals surface area (Å²) < 4.78 is 11.1. The van der Waals surface area contributed by atoms with Crippen molar-refractivity contribution in [1.29, 1.82) is 0 Å². The molecule has 0 aromatic heterocycles. The van der Waals surface area contributed by atoms with E-state index < -0.39 is 12.1 Å². The molecule has 0 bridgehead atoms. The Balaban J connectivity index is 1.96. The molecule has 4 nitrogen and oxygen atoms in total. The van der Waals surface area contributed by atoms with Crippen molar-refractivity contribution in [2.45, 2.75) is 39.1 Å². The maximum absolute atomic E-state index is 11.9. The number of para-hydroxylation sites is 1. The summed E-state index contributed by atoms with van der Waals surface area (Å²) in [7, 11) is 0. The average molecular weight is 340 g/mol. The van der Waals surface area contributed by atoms with Gasteiger partial charge in [0.05, 0.1) is 6.10 Å². The number of hydrogen-bond donors (Lipinski definition) is 1. The third-order valence-corrected chi connectivity index (χ3v) is 3.55. The number of ether oxygens (including phenoxy) is 2. The fourth-order valence-corrected chi connectivity index (χ4v) is 2.41. The molecule has 2 aromatic carbocycles. The zero-order valence-corrected chi connectivity index (χ0v) is 14.6. The minimum absolute atomic E-state index is 0.332. The molecular weight excluding hydrogens is 316 g/mol. The Bertz CT molecular complexity index is 692. The van der Waals surface area contributed by atoms with Crippen LogP contribution in [0.5, 0.6) is 5.75 Å². The topological polar surface area (TPSA) is 55.8 Å². The molecule has 0 aliphatic heterocycles. The zero-order chi connectivity index (χ0) is 18.1. The monoisotopic (exact) mass is 340 g/mol. The summed E-state index contributed by atoms with van der Waals surface area (Å²) in [4.78, 5) is 11.9. The summed E-state index contributed by atoms with van der Waals surface area (Å²) in [5, 5.41) is 9.31. The lowest BCUT2D eigenvalue weighted by molar-refractivity contribution is -0.143. The molecule has 0 heterocycles. The Morgan fingerprint density at radius 3 is 2.48 bits per heavy atom. The van der Waals surface area contributed by atoms with Crippen LogP contribution in [0.4, 0.5) is 0 Å². The second-order valence-electron chi connectivity index (χ2n) is 5.98. The predicted molar refractivity (Wildman–Crippen MR) is 98.1 cm³/mol. The summed E-state index contributed by atoms with van der Waals surface area (Å²) in [6.45, 7) is 3.89. The molecule has 0 saturated carbocycles. The smallest absolute Gasteiger partial charge is 0.331 e. The van der Waals surface area contributed by atoms with Gasteiger partial charge in [0, 0.05) is 18.1 Å². The number of aliphatic hydroxyl groups excluding tert-OH is 1. The molecule has 0 saturated heterocycles. The van der Waals surface area contributed by atoms with E-state index in [4.69, 9.17) is 9.47 Å². The molecule has 2 rings (SSSR count). The van der Waals surface area contributed by atoms with Gasteiger partial charge in [0.2, 0.25) is 0 Å². The van der Waals surface area contributed by atoms with E-state index in [2.05, 4.69) is 0 Å². The van der Waals surface area contributed by atoms with E-state index in [0.29, 0.717) is 18.8 Å². The van der Waals surface area contributed by atoms with Crippen LogP contribution in [0, 0.1) is 0 Å². The van der Waals surface area contributed by atoms with Crippen LogP contribution in [-0.4, -0.2) is 23.3 Å². The maximum Gasteiger partial charge on any atom is 0.331 e. The van der Waals surface area contributed by atoms with Crippen LogP contribution in [0.25, 0.3) is 6.08 Å². The number of carbonyl (C=O) groups excluding carboxylic acids is 1. The Morgan fingerprint density at radius 1 is 1.08 bits per heavy atom. The second-order valence-corrected chi connectivity index (χ2v) is 5.98. The molecule has 2 aromatic rings. The minimum atomic E-state index is -0.501. The van der Waals surface area contributed by atoms with Gasteiger partial charge in [0.25, 0.3) is 0 Å². The van der Waals surface area contributed by atoms with E-state index in [9.17, 15) is 9.90 Å². The highest BCUT2D eigenvalue weighted by atomic mass is 16.5. The fourth-order valence-electron chi connectivity index (χ4n) is 2.41. The van der Waals surface area contributed by atoms with Gasteiger partial charge in [-0.3, -0.25) is 0 Å². The van der Waals surface area contributed by atoms with Crippen molar-refractivity contribution in [1.82, 2.24) is 0 Å². The first kappa shape index (κ1) is 18.7. The maximum atomic E-state index is 11.9. The molecule has 4 heteroatoms. The van der Waals surface area contributed by atoms with Crippen molar-refractivity contribution in [2.75, 3.05) is 0 Å². The van der Waals surface area contributed by atoms with Crippen LogP contribution >= 0.6 is 0 Å². The lowest BCUT2D eigenvalue weighted by Gasteiger charge is -2.13. The molecule has 0 aliphatic rings. The molecule has 2 atom stereocenters. The average Bonchev–Trinajstić information content (AvgIpc) is 2.59. The highest BCUT2D eigenvalue weighted by Gasteiger charge is 2.10. The molecule has 25 heavy (non-hydrogen) atoms. The first-order chi connectivity index (χ1) is 12.0. The van der Waals surface area contributed by atoms with Crippen molar-refractivity contribution in [3.8, 4) is 5.75 Å². The van der Waals surface area contributed by atoms with Gasteiger partial charge in [-0.1, -0.05) is 48.5 Å². The summed E-state index contributed by atoms with van der Waals surface area (Å²) in [6, 6.07) is 17.4. The van der Waals surface area contributed by atoms with Crippen molar-refractivity contribution >= 4 is 12.0 Å². The number of rotatable bonds is 8. The lowest BCUT2D eigenvalue weighted by Crippen LogP contribution is -2.18. The van der Waals surface area contributed by atoms with Crippen LogP contribution in [0.2, 0.25) is 0 Å². The standard InChI is InChI=1S/C21H24O4/c1-16(22)14-17(2)25-21(23)13-12-19-10-6-7-11-20(19)24-15-18-8-4-3-5-9-18/h3-13,16-17,22H,14-15H2,1-2H3/t16-,17+/m1/s1. The van der Waals surface area contributed by atoms with Gasteiger partial charge >= 0.3 is 5.97 Å². The molecule has 0 spiro atoms. The van der Waals surface area contributed by atoms with Crippen molar-refractivity contribution in [3.63, 3.8) is 0 Å². The third-order valence-electron chi connectivity index (χ3n) is 3.55. The summed E-state index contributed by atoms with van der Waals surface area (Å²) in [5.41, 5.74) is 1.88. The second kappa shape index (κ2) is 9.64. The van der Waals surface area contributed by atoms with Crippen LogP contribution in [0.1, 0.15) is 31.4 Å². The number of carbonyl (C=O) groups is 1. The Hall–Kier alpha value is -2.59. The Kier molecular flexibility index (Phi) is 7.23. The highest BCUT2D eigenvalue weighted by molar-refractivity contribution is 5.87. The van der Waals surface area contributed by atoms with Crippen LogP contribution in [0.3, 0.4) is 0 Å². The van der Waals surface area contributed by atoms with Crippen molar-refractivity contribution in [3.05, 3.63) is 71.8 Å². The first-order valence-corrected chi connectivity index (χ1v) is 8.37. The van der Waals surface area contributed by atoms with Crippen LogP contribution < -0.4 is 4.74 Å². The van der Waals surface area contributed by atoms with Crippen molar-refractivity contribution < 1.29 is 19.4 Å². The van der Waals surface area contributed by atoms with Crippen LogP contribution in [-0.2, 0) is 16.1 Å². The Morgan fingerprint density at radius 2 is 1.76 bits per heavy atom. The molecule has 1 N–H and O–H groups in total. The predicted octanol–water partition coefficient (Wildman–Crippen LogP) is 3.98. The van der Waals surface area contributed by atoms with Gasteiger partial charge in [-0.15, -0.1) is 0 Å². The van der Waals surface area contributed by atoms with Gasteiger partial charge in [0.1, 0.15) is 18.5 Å². The third kappa shape index (κ3) is 6.81. The lowest BCUT2D eigenvalue weighted by atomic mass is 10.2. The number of aliphatic hydroxyl groups is 1. The molecule has 0 amide bonds. The molecule has 0 radical (unpaired) electrons. The quantitative estimate of drug-likeness (QED) is 0.583. The summed E-state index contributed by atoms with van der Waals surface area (Å²) >= 11 is 0. The number of benzene rings is 2. The van der Waals surface area contributed by atoms with E-state index in [0.717, 1.165) is 11.1 Å². The first-order valence-electron chi connectivity index (χ1n) is 8.37. The minimum Gasteiger partial charge on any atom is -0.488 e. The van der Waals surface area contributed by atoms with E-state index in [1.54, 1.807) is 19.9 Å². The van der Waals surface area contributed by atoms with E-state index in [1.165, 1.54) is 6.08 Å². The summed E-state index contributed by atoms with van der Waals surface area (Å²) in [5.74, 6) is 0.262. The molecule has 132 valence electrons. The number of hydrogen-bond acceptors (Lipinski definition) is 4. The molecular formula is C21H24O4. The fraction of sp³-hybridized carbons (Fsp3) is 0.286. The molecule has 0 unspecified atom stereocenters. The van der Waals surface area contributed by atoms with Gasteiger partial charge < -0.3 is 14.6 Å². The highest BCUT2D eigenvalue weighted by Crippen LogP contribution is 2.21. The Labute approximate surface area is 148 Å². The van der Waals surface area contributed by atoms with Gasteiger partial charge in [-0.25, -0.2) is 4.79 Å². The summed E-state index contributed by atoms with van der Waals surface area (Å²) in [6.07, 6.45) is 2.64. The molecule has 0 aliphatic carbocycles. The zero-order valence-electron chi connectivity index (χ0n) is 14.6. The van der Waals surface area contributed by atoms with Gasteiger partial charge in [-0.2, -0.15) is 0 Å². The molecule has 0 fully saturated rings. The van der Waals surface area contributed by atoms with Gasteiger partial charge in [0.15, 0.2) is 0 Å². The van der Waals surface area contributed by atoms with E-state index in [1.807, 2.05) is 54.6 Å². The van der Waals surface area contributed by atoms with E-state index >= 15 is 0 Å².